The fourth-order valence-corrected chi connectivity index (χ4v) is 2.77. The molecule has 0 bridgehead atoms. The first-order valence-corrected chi connectivity index (χ1v) is 7.31. The van der Waals surface area contributed by atoms with Gasteiger partial charge in [-0.05, 0) is 42.8 Å². The van der Waals surface area contributed by atoms with E-state index in [0.717, 1.165) is 9.35 Å². The fourth-order valence-electron chi connectivity index (χ4n) is 1.31. The van der Waals surface area contributed by atoms with Crippen molar-refractivity contribution < 1.29 is 14.6 Å². The summed E-state index contributed by atoms with van der Waals surface area (Å²) in [6.45, 7) is 6.11. The standard InChI is InChI=1S/C12H18BrNO3S/c1-12(2,3)17-11(16)14(4-5-15)7-10-6-9(13)8-18-10/h6,8,15H,4-5,7H2,1-3H3. The Morgan fingerprint density at radius 2 is 2.22 bits per heavy atom. The van der Waals surface area contributed by atoms with E-state index in [1.54, 1.807) is 11.3 Å². The van der Waals surface area contributed by atoms with Crippen LogP contribution in [-0.2, 0) is 11.3 Å². The summed E-state index contributed by atoms with van der Waals surface area (Å²) in [6, 6.07) is 1.96. The van der Waals surface area contributed by atoms with Crippen LogP contribution >= 0.6 is 27.3 Å². The number of aliphatic hydroxyl groups is 1. The van der Waals surface area contributed by atoms with E-state index in [2.05, 4.69) is 15.9 Å². The van der Waals surface area contributed by atoms with E-state index in [9.17, 15) is 4.79 Å². The van der Waals surface area contributed by atoms with Gasteiger partial charge in [-0.25, -0.2) is 4.79 Å². The van der Waals surface area contributed by atoms with Crippen molar-refractivity contribution >= 4 is 33.4 Å². The van der Waals surface area contributed by atoms with Gasteiger partial charge in [0.25, 0.3) is 0 Å². The van der Waals surface area contributed by atoms with Crippen molar-refractivity contribution in [1.29, 1.82) is 0 Å². The number of nitrogens with zero attached hydrogens (tertiary/aromatic N) is 1. The first kappa shape index (κ1) is 15.5. The summed E-state index contributed by atoms with van der Waals surface area (Å²) in [7, 11) is 0. The SMILES string of the molecule is CC(C)(C)OC(=O)N(CCO)Cc1cc(Br)cs1. The molecule has 0 aliphatic carbocycles. The molecule has 1 N–H and O–H groups in total. The van der Waals surface area contributed by atoms with E-state index in [4.69, 9.17) is 9.84 Å². The lowest BCUT2D eigenvalue weighted by Crippen LogP contribution is -2.37. The van der Waals surface area contributed by atoms with Gasteiger partial charge in [-0.3, -0.25) is 0 Å². The zero-order valence-electron chi connectivity index (χ0n) is 10.8. The first-order valence-electron chi connectivity index (χ1n) is 5.63. The van der Waals surface area contributed by atoms with E-state index < -0.39 is 11.7 Å². The second-order valence-corrected chi connectivity index (χ2v) is 6.77. The molecule has 0 saturated heterocycles. The molecule has 1 aromatic rings. The molecule has 1 amide bonds. The summed E-state index contributed by atoms with van der Waals surface area (Å²) in [6.07, 6.45) is -0.402. The molecule has 1 heterocycles. The number of hydrogen-bond acceptors (Lipinski definition) is 4. The van der Waals surface area contributed by atoms with Gasteiger partial charge in [0, 0.05) is 21.3 Å². The summed E-state index contributed by atoms with van der Waals surface area (Å²) < 4.78 is 6.30. The summed E-state index contributed by atoms with van der Waals surface area (Å²) in [4.78, 5) is 14.5. The van der Waals surface area contributed by atoms with Gasteiger partial charge < -0.3 is 14.7 Å². The van der Waals surface area contributed by atoms with E-state index in [-0.39, 0.29) is 13.2 Å². The second kappa shape index (κ2) is 6.54. The van der Waals surface area contributed by atoms with E-state index in [1.165, 1.54) is 4.90 Å². The van der Waals surface area contributed by atoms with Crippen molar-refractivity contribution in [2.24, 2.45) is 0 Å². The van der Waals surface area contributed by atoms with Gasteiger partial charge >= 0.3 is 6.09 Å². The Morgan fingerprint density at radius 3 is 2.67 bits per heavy atom. The number of rotatable bonds is 4. The van der Waals surface area contributed by atoms with Crippen molar-refractivity contribution in [3.8, 4) is 0 Å². The molecule has 0 aliphatic rings. The van der Waals surface area contributed by atoms with Crippen LogP contribution in [-0.4, -0.2) is 34.9 Å². The van der Waals surface area contributed by atoms with E-state index in [1.807, 2.05) is 32.2 Å². The minimum absolute atomic E-state index is 0.0776. The van der Waals surface area contributed by atoms with Gasteiger partial charge in [-0.15, -0.1) is 11.3 Å². The number of aliphatic hydroxyl groups excluding tert-OH is 1. The molecule has 18 heavy (non-hydrogen) atoms. The molecule has 0 fully saturated rings. The Morgan fingerprint density at radius 1 is 1.56 bits per heavy atom. The molecule has 4 nitrogen and oxygen atoms in total. The number of thiophene rings is 1. The summed E-state index contributed by atoms with van der Waals surface area (Å²) in [5, 5.41) is 11.0. The Hall–Kier alpha value is -0.590. The highest BCUT2D eigenvalue weighted by atomic mass is 79.9. The lowest BCUT2D eigenvalue weighted by atomic mass is 10.2. The molecular formula is C12H18BrNO3S. The maximum atomic E-state index is 11.9. The molecule has 0 radical (unpaired) electrons. The molecule has 1 rings (SSSR count). The van der Waals surface area contributed by atoms with Gasteiger partial charge in [0.2, 0.25) is 0 Å². The Labute approximate surface area is 120 Å². The van der Waals surface area contributed by atoms with Crippen LogP contribution in [0.4, 0.5) is 4.79 Å². The molecule has 0 saturated carbocycles. The van der Waals surface area contributed by atoms with Gasteiger partial charge in [-0.2, -0.15) is 0 Å². The third kappa shape index (κ3) is 5.37. The van der Waals surface area contributed by atoms with Crippen LogP contribution in [0.3, 0.4) is 0 Å². The predicted molar refractivity (Wildman–Crippen MR) is 75.7 cm³/mol. The summed E-state index contributed by atoms with van der Waals surface area (Å²) >= 11 is 4.93. The third-order valence-electron chi connectivity index (χ3n) is 1.99. The summed E-state index contributed by atoms with van der Waals surface area (Å²) in [5.41, 5.74) is -0.527. The number of amides is 1. The number of ether oxygens (including phenoxy) is 1. The molecule has 102 valence electrons. The zero-order chi connectivity index (χ0) is 13.8. The maximum absolute atomic E-state index is 11.9. The van der Waals surface area contributed by atoms with Gasteiger partial charge in [0.05, 0.1) is 13.2 Å². The topological polar surface area (TPSA) is 49.8 Å². The van der Waals surface area contributed by atoms with E-state index >= 15 is 0 Å². The quantitative estimate of drug-likeness (QED) is 0.918. The molecule has 0 aromatic carbocycles. The Kier molecular flexibility index (Phi) is 5.62. The molecule has 0 atom stereocenters. The van der Waals surface area contributed by atoms with Crippen LogP contribution < -0.4 is 0 Å². The lowest BCUT2D eigenvalue weighted by Gasteiger charge is -2.26. The van der Waals surface area contributed by atoms with Crippen LogP contribution in [0.2, 0.25) is 0 Å². The average Bonchev–Trinajstić information content (AvgIpc) is 2.61. The molecule has 0 aliphatic heterocycles. The molecule has 0 unspecified atom stereocenters. The van der Waals surface area contributed by atoms with Gasteiger partial charge in [0.1, 0.15) is 5.60 Å². The average molecular weight is 336 g/mol. The van der Waals surface area contributed by atoms with Crippen LogP contribution in [0.25, 0.3) is 0 Å². The van der Waals surface area contributed by atoms with Crippen molar-refractivity contribution in [2.45, 2.75) is 32.9 Å². The zero-order valence-corrected chi connectivity index (χ0v) is 13.2. The largest absolute Gasteiger partial charge is 0.444 e. The normalized spacial score (nSPS) is 11.4. The van der Waals surface area contributed by atoms with Crippen LogP contribution in [0, 0.1) is 0 Å². The number of hydrogen-bond donors (Lipinski definition) is 1. The van der Waals surface area contributed by atoms with Crippen LogP contribution in [0.1, 0.15) is 25.6 Å². The Balaban J connectivity index is 2.67. The molecule has 6 heteroatoms. The van der Waals surface area contributed by atoms with Crippen LogP contribution in [0.5, 0.6) is 0 Å². The van der Waals surface area contributed by atoms with Crippen molar-refractivity contribution in [1.82, 2.24) is 4.90 Å². The van der Waals surface area contributed by atoms with Crippen molar-refractivity contribution in [3.05, 3.63) is 20.8 Å². The maximum Gasteiger partial charge on any atom is 0.410 e. The second-order valence-electron chi connectivity index (χ2n) is 4.86. The van der Waals surface area contributed by atoms with E-state index in [0.29, 0.717) is 6.54 Å². The van der Waals surface area contributed by atoms with Gasteiger partial charge in [0.15, 0.2) is 0 Å². The fraction of sp³-hybridized carbons (Fsp3) is 0.583. The smallest absolute Gasteiger partial charge is 0.410 e. The van der Waals surface area contributed by atoms with Gasteiger partial charge in [-0.1, -0.05) is 0 Å². The molecule has 1 aromatic heterocycles. The minimum Gasteiger partial charge on any atom is -0.444 e. The highest BCUT2D eigenvalue weighted by molar-refractivity contribution is 9.10. The first-order chi connectivity index (χ1) is 8.31. The number of halogens is 1. The highest BCUT2D eigenvalue weighted by Crippen LogP contribution is 2.22. The van der Waals surface area contributed by atoms with Crippen molar-refractivity contribution in [3.63, 3.8) is 0 Å². The minimum atomic E-state index is -0.527. The molecular weight excluding hydrogens is 318 g/mol. The number of carbonyl (C=O) groups is 1. The molecule has 0 spiro atoms. The lowest BCUT2D eigenvalue weighted by molar-refractivity contribution is 0.0203. The highest BCUT2D eigenvalue weighted by Gasteiger charge is 2.22. The predicted octanol–water partition coefficient (Wildman–Crippen LogP) is 3.24. The summed E-state index contributed by atoms with van der Waals surface area (Å²) in [5.74, 6) is 0. The van der Waals surface area contributed by atoms with Crippen molar-refractivity contribution in [2.75, 3.05) is 13.2 Å². The van der Waals surface area contributed by atoms with Crippen LogP contribution in [0.15, 0.2) is 15.9 Å². The number of carbonyl (C=O) groups excluding carboxylic acids is 1. The Bertz CT molecular complexity index is 400. The monoisotopic (exact) mass is 335 g/mol. The third-order valence-corrected chi connectivity index (χ3v) is 3.67.